The first-order chi connectivity index (χ1) is 12.1. The Morgan fingerprint density at radius 1 is 1.12 bits per heavy atom. The Hall–Kier alpha value is -2.53. The molecule has 0 saturated carbocycles. The number of nitrogens with zero attached hydrogens (tertiary/aromatic N) is 1. The third-order valence-electron chi connectivity index (χ3n) is 3.60. The molecule has 25 heavy (non-hydrogen) atoms. The summed E-state index contributed by atoms with van der Waals surface area (Å²) in [6.07, 6.45) is 0.734. The van der Waals surface area contributed by atoms with E-state index in [1.165, 1.54) is 12.0 Å². The van der Waals surface area contributed by atoms with Gasteiger partial charge in [-0.25, -0.2) is 0 Å². The Bertz CT molecular complexity index is 749. The van der Waals surface area contributed by atoms with Crippen LogP contribution in [-0.2, 0) is 4.79 Å². The predicted molar refractivity (Wildman–Crippen MR) is 99.3 cm³/mol. The van der Waals surface area contributed by atoms with Gasteiger partial charge in [-0.15, -0.1) is 0 Å². The number of nitrogens with one attached hydrogen (secondary N) is 1. The molecule has 2 aromatic carbocycles. The smallest absolute Gasteiger partial charge is 0.255 e. The highest BCUT2D eigenvalue weighted by molar-refractivity contribution is 6.33. The predicted octanol–water partition coefficient (Wildman–Crippen LogP) is 3.84. The van der Waals surface area contributed by atoms with Crippen LogP contribution in [0.2, 0.25) is 5.02 Å². The molecule has 2 amide bonds. The lowest BCUT2D eigenvalue weighted by Gasteiger charge is -2.22. The molecule has 0 heterocycles. The Morgan fingerprint density at radius 2 is 1.80 bits per heavy atom. The number of carbonyl (C=O) groups is 2. The first-order valence-corrected chi connectivity index (χ1v) is 8.41. The van der Waals surface area contributed by atoms with E-state index < -0.39 is 0 Å². The number of hydrogen-bond acceptors (Lipinski definition) is 3. The van der Waals surface area contributed by atoms with Crippen molar-refractivity contribution in [1.82, 2.24) is 4.90 Å². The maximum Gasteiger partial charge on any atom is 0.255 e. The SMILES string of the molecule is CCCN(CC(=O)Nc1ccccc1OC)C(=O)c1ccccc1Cl. The molecule has 1 N–H and O–H groups in total. The number of benzene rings is 2. The summed E-state index contributed by atoms with van der Waals surface area (Å²) in [6.45, 7) is 2.35. The van der Waals surface area contributed by atoms with Crippen molar-refractivity contribution in [2.75, 3.05) is 25.5 Å². The third-order valence-corrected chi connectivity index (χ3v) is 3.93. The second kappa shape index (κ2) is 9.08. The Balaban J connectivity index is 2.12. The van der Waals surface area contributed by atoms with E-state index >= 15 is 0 Å². The minimum atomic E-state index is -0.293. The van der Waals surface area contributed by atoms with Gasteiger partial charge in [-0.2, -0.15) is 0 Å². The van der Waals surface area contributed by atoms with Crippen molar-refractivity contribution in [3.8, 4) is 5.75 Å². The van der Waals surface area contributed by atoms with E-state index in [0.29, 0.717) is 28.6 Å². The van der Waals surface area contributed by atoms with Crippen molar-refractivity contribution in [1.29, 1.82) is 0 Å². The first kappa shape index (κ1) is 18.8. The van der Waals surface area contributed by atoms with E-state index in [4.69, 9.17) is 16.3 Å². The number of rotatable bonds is 7. The molecule has 2 rings (SSSR count). The van der Waals surface area contributed by atoms with Crippen molar-refractivity contribution >= 4 is 29.1 Å². The molecule has 0 spiro atoms. The molecule has 0 aliphatic heterocycles. The maximum absolute atomic E-state index is 12.7. The van der Waals surface area contributed by atoms with Gasteiger partial charge in [-0.05, 0) is 30.7 Å². The van der Waals surface area contributed by atoms with Crippen LogP contribution in [0.15, 0.2) is 48.5 Å². The van der Waals surface area contributed by atoms with Crippen LogP contribution in [0.4, 0.5) is 5.69 Å². The van der Waals surface area contributed by atoms with Crippen LogP contribution in [0, 0.1) is 0 Å². The summed E-state index contributed by atoms with van der Waals surface area (Å²) in [5.74, 6) is 0.0105. The molecule has 0 fully saturated rings. The molecular weight excluding hydrogens is 340 g/mol. The van der Waals surface area contributed by atoms with Crippen molar-refractivity contribution in [2.24, 2.45) is 0 Å². The van der Waals surface area contributed by atoms with Gasteiger partial charge >= 0.3 is 0 Å². The van der Waals surface area contributed by atoms with Crippen LogP contribution in [0.1, 0.15) is 23.7 Å². The van der Waals surface area contributed by atoms with Crippen LogP contribution in [0.5, 0.6) is 5.75 Å². The summed E-state index contributed by atoms with van der Waals surface area (Å²) in [4.78, 5) is 26.6. The molecule has 0 aliphatic rings. The number of para-hydroxylation sites is 2. The second-order valence-electron chi connectivity index (χ2n) is 5.46. The lowest BCUT2D eigenvalue weighted by Crippen LogP contribution is -2.38. The highest BCUT2D eigenvalue weighted by atomic mass is 35.5. The van der Waals surface area contributed by atoms with Crippen molar-refractivity contribution in [2.45, 2.75) is 13.3 Å². The van der Waals surface area contributed by atoms with Crippen molar-refractivity contribution in [3.05, 3.63) is 59.1 Å². The second-order valence-corrected chi connectivity index (χ2v) is 5.86. The van der Waals surface area contributed by atoms with Crippen LogP contribution >= 0.6 is 11.6 Å². The quantitative estimate of drug-likeness (QED) is 0.816. The molecule has 0 aliphatic carbocycles. The van der Waals surface area contributed by atoms with Crippen LogP contribution in [-0.4, -0.2) is 36.9 Å². The number of hydrogen-bond donors (Lipinski definition) is 1. The van der Waals surface area contributed by atoms with Gasteiger partial charge in [0.05, 0.1) is 23.4 Å². The average molecular weight is 361 g/mol. The summed E-state index contributed by atoms with van der Waals surface area (Å²) in [5, 5.41) is 3.15. The highest BCUT2D eigenvalue weighted by Crippen LogP contribution is 2.23. The van der Waals surface area contributed by atoms with Gasteiger partial charge in [-0.3, -0.25) is 9.59 Å². The van der Waals surface area contributed by atoms with E-state index in [2.05, 4.69) is 5.32 Å². The number of amides is 2. The number of methoxy groups -OCH3 is 1. The summed E-state index contributed by atoms with van der Waals surface area (Å²) in [6, 6.07) is 14.0. The fraction of sp³-hybridized carbons (Fsp3) is 0.263. The lowest BCUT2D eigenvalue weighted by molar-refractivity contribution is -0.116. The van der Waals surface area contributed by atoms with Crippen molar-refractivity contribution < 1.29 is 14.3 Å². The summed E-state index contributed by atoms with van der Waals surface area (Å²) in [7, 11) is 1.54. The third kappa shape index (κ3) is 4.97. The standard InChI is InChI=1S/C19H21ClN2O3/c1-3-12-22(19(24)14-8-4-5-9-15(14)20)13-18(23)21-16-10-6-7-11-17(16)25-2/h4-11H,3,12-13H2,1-2H3,(H,21,23). The fourth-order valence-electron chi connectivity index (χ4n) is 2.44. The molecule has 0 bridgehead atoms. The fourth-order valence-corrected chi connectivity index (χ4v) is 2.65. The van der Waals surface area contributed by atoms with Gasteiger partial charge in [0.15, 0.2) is 0 Å². The summed E-state index contributed by atoms with van der Waals surface area (Å²) in [5.41, 5.74) is 0.958. The molecule has 2 aromatic rings. The molecule has 0 unspecified atom stereocenters. The monoisotopic (exact) mass is 360 g/mol. The van der Waals surface area contributed by atoms with E-state index in [0.717, 1.165) is 6.42 Å². The zero-order valence-electron chi connectivity index (χ0n) is 14.3. The lowest BCUT2D eigenvalue weighted by atomic mass is 10.2. The maximum atomic E-state index is 12.7. The average Bonchev–Trinajstić information content (AvgIpc) is 2.61. The highest BCUT2D eigenvalue weighted by Gasteiger charge is 2.20. The topological polar surface area (TPSA) is 58.6 Å². The van der Waals surface area contributed by atoms with Crippen LogP contribution in [0.25, 0.3) is 0 Å². The van der Waals surface area contributed by atoms with Gasteiger partial charge in [0.2, 0.25) is 5.91 Å². The number of anilines is 1. The molecule has 0 aromatic heterocycles. The van der Waals surface area contributed by atoms with Crippen LogP contribution < -0.4 is 10.1 Å². The molecule has 6 heteroatoms. The zero-order chi connectivity index (χ0) is 18.2. The van der Waals surface area contributed by atoms with Gasteiger partial charge in [0.1, 0.15) is 12.3 Å². The Kier molecular flexibility index (Phi) is 6.83. The zero-order valence-corrected chi connectivity index (χ0v) is 15.0. The van der Waals surface area contributed by atoms with Gasteiger partial charge in [0.25, 0.3) is 5.91 Å². The van der Waals surface area contributed by atoms with Gasteiger partial charge < -0.3 is 15.0 Å². The minimum Gasteiger partial charge on any atom is -0.495 e. The number of ether oxygens (including phenoxy) is 1. The van der Waals surface area contributed by atoms with E-state index in [-0.39, 0.29) is 18.4 Å². The van der Waals surface area contributed by atoms with E-state index in [9.17, 15) is 9.59 Å². The van der Waals surface area contributed by atoms with Crippen molar-refractivity contribution in [3.63, 3.8) is 0 Å². The minimum absolute atomic E-state index is 0.0596. The Labute approximate surface area is 152 Å². The van der Waals surface area contributed by atoms with Gasteiger partial charge in [-0.1, -0.05) is 42.8 Å². The van der Waals surface area contributed by atoms with Crippen LogP contribution in [0.3, 0.4) is 0 Å². The van der Waals surface area contributed by atoms with Gasteiger partial charge in [0, 0.05) is 6.54 Å². The summed E-state index contributed by atoms with van der Waals surface area (Å²) >= 11 is 6.10. The largest absolute Gasteiger partial charge is 0.495 e. The molecule has 0 radical (unpaired) electrons. The normalized spacial score (nSPS) is 10.2. The Morgan fingerprint density at radius 3 is 2.48 bits per heavy atom. The van der Waals surface area contributed by atoms with E-state index in [1.54, 1.807) is 42.5 Å². The number of carbonyl (C=O) groups excluding carboxylic acids is 2. The molecule has 5 nitrogen and oxygen atoms in total. The first-order valence-electron chi connectivity index (χ1n) is 8.03. The molecule has 0 atom stereocenters. The summed E-state index contributed by atoms with van der Waals surface area (Å²) < 4.78 is 5.22. The molecular formula is C19H21ClN2O3. The van der Waals surface area contributed by atoms with E-state index in [1.807, 2.05) is 13.0 Å². The molecule has 0 saturated heterocycles. The number of halogens is 1. The molecule has 132 valence electrons.